The van der Waals surface area contributed by atoms with Crippen molar-refractivity contribution in [2.75, 3.05) is 0 Å². The summed E-state index contributed by atoms with van der Waals surface area (Å²) in [5.41, 5.74) is 3.88. The van der Waals surface area contributed by atoms with Crippen LogP contribution in [0.1, 0.15) is 11.1 Å². The number of carbonyl (C=O) groups is 1. The fourth-order valence-electron chi connectivity index (χ4n) is 1.69. The SMILES string of the molecule is O=C(Cc1ccc(Cl)cc1)N/N=C/c1ccc([N+](=O)[O-])cc1. The molecule has 0 unspecified atom stereocenters. The molecule has 0 atom stereocenters. The summed E-state index contributed by atoms with van der Waals surface area (Å²) in [6.45, 7) is 0. The fourth-order valence-corrected chi connectivity index (χ4v) is 1.81. The van der Waals surface area contributed by atoms with Crippen LogP contribution in [0.15, 0.2) is 53.6 Å². The molecule has 0 heterocycles. The second-order valence-corrected chi connectivity index (χ2v) is 4.88. The zero-order valence-corrected chi connectivity index (χ0v) is 12.2. The van der Waals surface area contributed by atoms with Gasteiger partial charge in [0.2, 0.25) is 5.91 Å². The molecule has 2 aromatic carbocycles. The van der Waals surface area contributed by atoms with E-state index in [1.54, 1.807) is 36.4 Å². The van der Waals surface area contributed by atoms with Gasteiger partial charge in [-0.05, 0) is 35.4 Å². The van der Waals surface area contributed by atoms with E-state index in [4.69, 9.17) is 11.6 Å². The van der Waals surface area contributed by atoms with E-state index in [-0.39, 0.29) is 18.0 Å². The molecule has 0 radical (unpaired) electrons. The number of nitrogens with one attached hydrogen (secondary N) is 1. The van der Waals surface area contributed by atoms with Crippen molar-refractivity contribution >= 4 is 29.4 Å². The third-order valence-electron chi connectivity index (χ3n) is 2.78. The summed E-state index contributed by atoms with van der Waals surface area (Å²) in [6.07, 6.45) is 1.61. The number of hydrogen-bond donors (Lipinski definition) is 1. The van der Waals surface area contributed by atoms with Crippen molar-refractivity contribution in [3.05, 3.63) is 74.8 Å². The maximum atomic E-state index is 11.7. The van der Waals surface area contributed by atoms with Crippen molar-refractivity contribution in [3.8, 4) is 0 Å². The number of nitro groups is 1. The van der Waals surface area contributed by atoms with Crippen molar-refractivity contribution < 1.29 is 9.72 Å². The minimum absolute atomic E-state index is 0.00363. The first kappa shape index (κ1) is 15.7. The number of hydrazone groups is 1. The summed E-state index contributed by atoms with van der Waals surface area (Å²) in [5.74, 6) is -0.263. The smallest absolute Gasteiger partial charge is 0.269 e. The minimum atomic E-state index is -0.477. The van der Waals surface area contributed by atoms with Crippen LogP contribution in [0.5, 0.6) is 0 Å². The molecule has 6 nitrogen and oxygen atoms in total. The van der Waals surface area contributed by atoms with E-state index in [9.17, 15) is 14.9 Å². The van der Waals surface area contributed by atoms with E-state index in [1.165, 1.54) is 18.3 Å². The van der Waals surface area contributed by atoms with Crippen LogP contribution < -0.4 is 5.43 Å². The van der Waals surface area contributed by atoms with Crippen molar-refractivity contribution in [1.82, 2.24) is 5.43 Å². The average molecular weight is 318 g/mol. The van der Waals surface area contributed by atoms with Crippen LogP contribution in [-0.2, 0) is 11.2 Å². The van der Waals surface area contributed by atoms with Crippen molar-refractivity contribution in [2.45, 2.75) is 6.42 Å². The van der Waals surface area contributed by atoms with Crippen molar-refractivity contribution in [2.24, 2.45) is 5.10 Å². The summed E-state index contributed by atoms with van der Waals surface area (Å²) < 4.78 is 0. The normalized spacial score (nSPS) is 10.6. The Morgan fingerprint density at radius 3 is 2.41 bits per heavy atom. The molecule has 0 fully saturated rings. The van der Waals surface area contributed by atoms with Gasteiger partial charge in [-0.1, -0.05) is 23.7 Å². The number of rotatable bonds is 5. The number of nitro benzene ring substituents is 1. The lowest BCUT2D eigenvalue weighted by Crippen LogP contribution is -2.19. The maximum Gasteiger partial charge on any atom is 0.269 e. The Morgan fingerprint density at radius 2 is 1.82 bits per heavy atom. The maximum absolute atomic E-state index is 11.7. The van der Waals surface area contributed by atoms with Crippen LogP contribution in [0.25, 0.3) is 0 Å². The summed E-state index contributed by atoms with van der Waals surface area (Å²) in [5, 5.41) is 14.9. The van der Waals surface area contributed by atoms with E-state index < -0.39 is 4.92 Å². The Labute approximate surface area is 131 Å². The Kier molecular flexibility index (Phi) is 5.21. The molecule has 0 aliphatic rings. The first-order valence-electron chi connectivity index (χ1n) is 6.35. The molecule has 7 heteroatoms. The van der Waals surface area contributed by atoms with Crippen LogP contribution in [-0.4, -0.2) is 17.0 Å². The highest BCUT2D eigenvalue weighted by Crippen LogP contribution is 2.11. The van der Waals surface area contributed by atoms with Gasteiger partial charge in [-0.2, -0.15) is 5.10 Å². The zero-order valence-electron chi connectivity index (χ0n) is 11.4. The number of benzene rings is 2. The minimum Gasteiger partial charge on any atom is -0.273 e. The summed E-state index contributed by atoms with van der Waals surface area (Å²) in [7, 11) is 0. The predicted molar refractivity (Wildman–Crippen MR) is 84.0 cm³/mol. The van der Waals surface area contributed by atoms with Gasteiger partial charge >= 0.3 is 0 Å². The number of amides is 1. The molecule has 112 valence electrons. The van der Waals surface area contributed by atoms with E-state index in [0.717, 1.165) is 5.56 Å². The fraction of sp³-hybridized carbons (Fsp3) is 0.0667. The van der Waals surface area contributed by atoms with Crippen LogP contribution in [0.3, 0.4) is 0 Å². The highest BCUT2D eigenvalue weighted by molar-refractivity contribution is 6.30. The van der Waals surface area contributed by atoms with E-state index in [2.05, 4.69) is 10.5 Å². The molecular formula is C15H12ClN3O3. The molecule has 22 heavy (non-hydrogen) atoms. The van der Waals surface area contributed by atoms with E-state index >= 15 is 0 Å². The zero-order chi connectivity index (χ0) is 15.9. The highest BCUT2D eigenvalue weighted by Gasteiger charge is 2.03. The molecule has 1 N–H and O–H groups in total. The predicted octanol–water partition coefficient (Wildman–Crippen LogP) is 2.94. The number of non-ortho nitro benzene ring substituents is 1. The van der Waals surface area contributed by atoms with Crippen molar-refractivity contribution in [1.29, 1.82) is 0 Å². The number of carbonyl (C=O) groups excluding carboxylic acids is 1. The Morgan fingerprint density at radius 1 is 1.18 bits per heavy atom. The Hall–Kier alpha value is -2.73. The van der Waals surface area contributed by atoms with Gasteiger partial charge in [-0.15, -0.1) is 0 Å². The topological polar surface area (TPSA) is 84.6 Å². The summed E-state index contributed by atoms with van der Waals surface area (Å²) in [4.78, 5) is 21.7. The summed E-state index contributed by atoms with van der Waals surface area (Å²) in [6, 6.07) is 12.8. The molecule has 0 aliphatic heterocycles. The van der Waals surface area contributed by atoms with Crippen LogP contribution in [0, 0.1) is 10.1 Å². The van der Waals surface area contributed by atoms with Gasteiger partial charge in [0.15, 0.2) is 0 Å². The molecule has 1 amide bonds. The van der Waals surface area contributed by atoms with Gasteiger partial charge < -0.3 is 0 Å². The van der Waals surface area contributed by atoms with Gasteiger partial charge in [-0.3, -0.25) is 14.9 Å². The molecule has 0 saturated heterocycles. The number of halogens is 1. The van der Waals surface area contributed by atoms with Gasteiger partial charge in [0.05, 0.1) is 17.6 Å². The Balaban J connectivity index is 1.87. The van der Waals surface area contributed by atoms with Crippen LogP contribution in [0.4, 0.5) is 5.69 Å². The average Bonchev–Trinajstić information content (AvgIpc) is 2.50. The lowest BCUT2D eigenvalue weighted by molar-refractivity contribution is -0.384. The third-order valence-corrected chi connectivity index (χ3v) is 3.04. The molecule has 0 bridgehead atoms. The van der Waals surface area contributed by atoms with Gasteiger partial charge in [0.25, 0.3) is 5.69 Å². The molecule has 2 rings (SSSR count). The Bertz CT molecular complexity index is 697. The number of hydrogen-bond acceptors (Lipinski definition) is 4. The van der Waals surface area contributed by atoms with Crippen molar-refractivity contribution in [3.63, 3.8) is 0 Å². The van der Waals surface area contributed by atoms with Crippen LogP contribution in [0.2, 0.25) is 5.02 Å². The van der Waals surface area contributed by atoms with Crippen LogP contribution >= 0.6 is 11.6 Å². The molecule has 0 spiro atoms. The first-order chi connectivity index (χ1) is 10.5. The third kappa shape index (κ3) is 4.68. The standard InChI is InChI=1S/C15H12ClN3O3/c16-13-5-1-11(2-6-13)9-15(20)18-17-10-12-3-7-14(8-4-12)19(21)22/h1-8,10H,9H2,(H,18,20)/b17-10+. The monoisotopic (exact) mass is 317 g/mol. The second-order valence-electron chi connectivity index (χ2n) is 4.45. The summed E-state index contributed by atoms with van der Waals surface area (Å²) >= 11 is 5.76. The molecule has 2 aromatic rings. The number of nitrogens with zero attached hydrogens (tertiary/aromatic N) is 2. The van der Waals surface area contributed by atoms with E-state index in [0.29, 0.717) is 10.6 Å². The largest absolute Gasteiger partial charge is 0.273 e. The molecule has 0 aliphatic carbocycles. The second kappa shape index (κ2) is 7.33. The lowest BCUT2D eigenvalue weighted by atomic mass is 10.1. The highest BCUT2D eigenvalue weighted by atomic mass is 35.5. The molecule has 0 aromatic heterocycles. The molecule has 0 saturated carbocycles. The first-order valence-corrected chi connectivity index (χ1v) is 6.73. The quantitative estimate of drug-likeness (QED) is 0.522. The van der Waals surface area contributed by atoms with Gasteiger partial charge in [-0.25, -0.2) is 5.43 Å². The van der Waals surface area contributed by atoms with Gasteiger partial charge in [0, 0.05) is 17.2 Å². The lowest BCUT2D eigenvalue weighted by Gasteiger charge is -2.00. The van der Waals surface area contributed by atoms with Gasteiger partial charge in [0.1, 0.15) is 0 Å². The van der Waals surface area contributed by atoms with E-state index in [1.807, 2.05) is 0 Å². The molecular weight excluding hydrogens is 306 g/mol.